The molecule has 0 aliphatic carbocycles. The largest absolute Gasteiger partial charge is 0.313 e. The summed E-state index contributed by atoms with van der Waals surface area (Å²) in [6.45, 7) is 8.35. The number of nitrogens with zero attached hydrogens (tertiary/aromatic N) is 2. The molecule has 3 nitrogen and oxygen atoms in total. The predicted molar refractivity (Wildman–Crippen MR) is 69.3 cm³/mol. The van der Waals surface area contributed by atoms with Crippen molar-refractivity contribution >= 4 is 0 Å². The van der Waals surface area contributed by atoms with E-state index < -0.39 is 0 Å². The lowest BCUT2D eigenvalue weighted by Gasteiger charge is -2.19. The fourth-order valence-electron chi connectivity index (χ4n) is 1.71. The molecular formula is C13H27N3. The number of hydrogen-bond acceptors (Lipinski definition) is 3. The summed E-state index contributed by atoms with van der Waals surface area (Å²) >= 11 is 0. The minimum Gasteiger partial charge on any atom is -0.313 e. The second kappa shape index (κ2) is 7.65. The van der Waals surface area contributed by atoms with Gasteiger partial charge in [0.2, 0.25) is 0 Å². The molecule has 0 rings (SSSR count). The monoisotopic (exact) mass is 225 g/mol. The average Bonchev–Trinajstić information content (AvgIpc) is 2.16. The van der Waals surface area contributed by atoms with Crippen molar-refractivity contribution in [1.29, 1.82) is 5.26 Å². The maximum atomic E-state index is 8.87. The molecule has 94 valence electrons. The molecular weight excluding hydrogens is 198 g/mol. The zero-order chi connectivity index (χ0) is 12.6. The summed E-state index contributed by atoms with van der Waals surface area (Å²) in [6.07, 6.45) is 3.28. The van der Waals surface area contributed by atoms with Crippen LogP contribution in [0.3, 0.4) is 0 Å². The third-order valence-corrected chi connectivity index (χ3v) is 2.66. The lowest BCUT2D eigenvalue weighted by Crippen LogP contribution is -2.36. The second-order valence-electron chi connectivity index (χ2n) is 5.57. The number of likely N-dealkylation sites (N-methyl/N-ethyl adjacent to an activating group) is 1. The maximum Gasteiger partial charge on any atom is 0.0683 e. The number of rotatable bonds is 8. The van der Waals surface area contributed by atoms with Crippen molar-refractivity contribution in [3.05, 3.63) is 0 Å². The van der Waals surface area contributed by atoms with Gasteiger partial charge in [-0.25, -0.2) is 0 Å². The summed E-state index contributed by atoms with van der Waals surface area (Å²) < 4.78 is 0. The summed E-state index contributed by atoms with van der Waals surface area (Å²) in [5.74, 6) is 0. The number of unbranched alkanes of at least 4 members (excludes halogenated alkanes) is 1. The fourth-order valence-corrected chi connectivity index (χ4v) is 1.71. The Morgan fingerprint density at radius 2 is 1.94 bits per heavy atom. The van der Waals surface area contributed by atoms with Gasteiger partial charge in [-0.15, -0.1) is 0 Å². The van der Waals surface area contributed by atoms with Gasteiger partial charge in [0, 0.05) is 12.6 Å². The highest BCUT2D eigenvalue weighted by Gasteiger charge is 2.15. The first-order valence-corrected chi connectivity index (χ1v) is 6.17. The van der Waals surface area contributed by atoms with Crippen molar-refractivity contribution < 1.29 is 0 Å². The van der Waals surface area contributed by atoms with E-state index in [1.54, 1.807) is 0 Å². The number of nitriles is 1. The standard InChI is InChI=1S/C13H27N3/c1-12(10-16(4)5)15-9-7-6-8-13(2,3)11-14/h12,15H,6-10H2,1-5H3. The lowest BCUT2D eigenvalue weighted by molar-refractivity contribution is 0.345. The van der Waals surface area contributed by atoms with Gasteiger partial charge in [0.25, 0.3) is 0 Å². The van der Waals surface area contributed by atoms with Gasteiger partial charge >= 0.3 is 0 Å². The van der Waals surface area contributed by atoms with E-state index in [0.29, 0.717) is 6.04 Å². The Morgan fingerprint density at radius 3 is 2.44 bits per heavy atom. The minimum absolute atomic E-state index is 0.157. The van der Waals surface area contributed by atoms with Crippen LogP contribution < -0.4 is 5.32 Å². The van der Waals surface area contributed by atoms with E-state index in [-0.39, 0.29) is 5.41 Å². The van der Waals surface area contributed by atoms with Crippen molar-refractivity contribution in [1.82, 2.24) is 10.2 Å². The zero-order valence-corrected chi connectivity index (χ0v) is 11.5. The Labute approximate surface area is 101 Å². The molecule has 0 heterocycles. The summed E-state index contributed by atoms with van der Waals surface area (Å²) in [4.78, 5) is 2.19. The van der Waals surface area contributed by atoms with E-state index in [1.165, 1.54) is 0 Å². The fraction of sp³-hybridized carbons (Fsp3) is 0.923. The summed E-state index contributed by atoms with van der Waals surface area (Å²) in [5, 5.41) is 12.4. The van der Waals surface area contributed by atoms with Crippen molar-refractivity contribution in [2.24, 2.45) is 5.41 Å². The van der Waals surface area contributed by atoms with Crippen LogP contribution in [0.5, 0.6) is 0 Å². The van der Waals surface area contributed by atoms with Crippen LogP contribution in [0.2, 0.25) is 0 Å². The average molecular weight is 225 g/mol. The number of nitrogens with one attached hydrogen (secondary N) is 1. The predicted octanol–water partition coefficient (Wildman–Crippen LogP) is 2.25. The Morgan fingerprint density at radius 1 is 1.31 bits per heavy atom. The molecule has 0 fully saturated rings. The Bertz CT molecular complexity index is 216. The summed E-state index contributed by atoms with van der Waals surface area (Å²) in [7, 11) is 4.18. The molecule has 0 saturated carbocycles. The van der Waals surface area contributed by atoms with Crippen LogP contribution in [0.15, 0.2) is 0 Å². The molecule has 0 amide bonds. The van der Waals surface area contributed by atoms with Gasteiger partial charge < -0.3 is 10.2 Å². The van der Waals surface area contributed by atoms with Crippen LogP contribution in [0.25, 0.3) is 0 Å². The van der Waals surface area contributed by atoms with Crippen LogP contribution in [0.4, 0.5) is 0 Å². The molecule has 0 radical (unpaired) electrons. The van der Waals surface area contributed by atoms with Crippen LogP contribution in [0, 0.1) is 16.7 Å². The Balaban J connectivity index is 3.44. The first kappa shape index (κ1) is 15.4. The molecule has 3 heteroatoms. The molecule has 0 aliphatic rings. The van der Waals surface area contributed by atoms with Gasteiger partial charge in [-0.05, 0) is 54.3 Å². The van der Waals surface area contributed by atoms with Crippen molar-refractivity contribution in [2.45, 2.75) is 46.1 Å². The van der Waals surface area contributed by atoms with E-state index in [4.69, 9.17) is 5.26 Å². The van der Waals surface area contributed by atoms with E-state index in [1.807, 2.05) is 13.8 Å². The first-order chi connectivity index (χ1) is 7.37. The smallest absolute Gasteiger partial charge is 0.0683 e. The van der Waals surface area contributed by atoms with Crippen LogP contribution in [0.1, 0.15) is 40.0 Å². The van der Waals surface area contributed by atoms with Gasteiger partial charge in [0.05, 0.1) is 11.5 Å². The normalized spacial score (nSPS) is 13.8. The zero-order valence-electron chi connectivity index (χ0n) is 11.5. The van der Waals surface area contributed by atoms with E-state index in [2.05, 4.69) is 37.3 Å². The van der Waals surface area contributed by atoms with Gasteiger partial charge in [0.1, 0.15) is 0 Å². The van der Waals surface area contributed by atoms with E-state index in [9.17, 15) is 0 Å². The van der Waals surface area contributed by atoms with Crippen molar-refractivity contribution in [3.8, 4) is 6.07 Å². The highest BCUT2D eigenvalue weighted by molar-refractivity contribution is 4.91. The molecule has 0 aromatic carbocycles. The third-order valence-electron chi connectivity index (χ3n) is 2.66. The second-order valence-corrected chi connectivity index (χ2v) is 5.57. The van der Waals surface area contributed by atoms with Gasteiger partial charge in [-0.2, -0.15) is 5.26 Å². The molecule has 16 heavy (non-hydrogen) atoms. The molecule has 0 spiro atoms. The lowest BCUT2D eigenvalue weighted by atomic mass is 9.89. The highest BCUT2D eigenvalue weighted by Crippen LogP contribution is 2.21. The van der Waals surface area contributed by atoms with Crippen molar-refractivity contribution in [3.63, 3.8) is 0 Å². The molecule has 1 atom stereocenters. The van der Waals surface area contributed by atoms with Gasteiger partial charge in [0.15, 0.2) is 0 Å². The SMILES string of the molecule is CC(CN(C)C)NCCCCC(C)(C)C#N. The third kappa shape index (κ3) is 8.70. The molecule has 0 aromatic heterocycles. The highest BCUT2D eigenvalue weighted by atomic mass is 15.1. The van der Waals surface area contributed by atoms with Crippen LogP contribution in [-0.2, 0) is 0 Å². The molecule has 1 unspecified atom stereocenters. The van der Waals surface area contributed by atoms with Gasteiger partial charge in [-0.1, -0.05) is 6.42 Å². The topological polar surface area (TPSA) is 39.1 Å². The van der Waals surface area contributed by atoms with Crippen LogP contribution in [-0.4, -0.2) is 38.1 Å². The first-order valence-electron chi connectivity index (χ1n) is 6.17. The molecule has 0 saturated heterocycles. The molecule has 0 bridgehead atoms. The number of hydrogen-bond donors (Lipinski definition) is 1. The summed E-state index contributed by atoms with van der Waals surface area (Å²) in [6, 6.07) is 2.88. The minimum atomic E-state index is -0.157. The Hall–Kier alpha value is -0.590. The summed E-state index contributed by atoms with van der Waals surface area (Å²) in [5.41, 5.74) is -0.157. The van der Waals surface area contributed by atoms with Gasteiger partial charge in [-0.3, -0.25) is 0 Å². The molecule has 1 N–H and O–H groups in total. The Kier molecular flexibility index (Phi) is 7.36. The van der Waals surface area contributed by atoms with E-state index in [0.717, 1.165) is 32.4 Å². The van der Waals surface area contributed by atoms with Crippen molar-refractivity contribution in [2.75, 3.05) is 27.2 Å². The molecule has 0 aliphatic heterocycles. The quantitative estimate of drug-likeness (QED) is 0.644. The van der Waals surface area contributed by atoms with Crippen LogP contribution >= 0.6 is 0 Å². The van der Waals surface area contributed by atoms with E-state index >= 15 is 0 Å². The maximum absolute atomic E-state index is 8.87. The molecule has 0 aromatic rings.